The molecule has 1 aromatic rings. The number of nitrogens with two attached hydrogens (primary N) is 1. The van der Waals surface area contributed by atoms with Gasteiger partial charge in [0.1, 0.15) is 11.6 Å². The average molecular weight is 268 g/mol. The first kappa shape index (κ1) is 15.9. The Labute approximate surface area is 115 Å². The first-order chi connectivity index (χ1) is 8.90. The molecule has 1 aromatic carbocycles. The van der Waals surface area contributed by atoms with E-state index in [0.717, 1.165) is 24.4 Å². The van der Waals surface area contributed by atoms with E-state index in [4.69, 9.17) is 10.5 Å². The summed E-state index contributed by atoms with van der Waals surface area (Å²) in [6.07, 6.45) is 0. The van der Waals surface area contributed by atoms with E-state index in [1.54, 1.807) is 19.2 Å². The van der Waals surface area contributed by atoms with Gasteiger partial charge in [0.25, 0.3) is 0 Å². The van der Waals surface area contributed by atoms with Gasteiger partial charge >= 0.3 is 0 Å². The van der Waals surface area contributed by atoms with Crippen molar-refractivity contribution in [3.8, 4) is 5.75 Å². The average Bonchev–Trinajstić information content (AvgIpc) is 2.38. The van der Waals surface area contributed by atoms with Crippen molar-refractivity contribution >= 4 is 0 Å². The highest BCUT2D eigenvalue weighted by Crippen LogP contribution is 2.31. The van der Waals surface area contributed by atoms with Gasteiger partial charge in [-0.15, -0.1) is 0 Å². The Hall–Kier alpha value is -1.13. The highest BCUT2D eigenvalue weighted by Gasteiger charge is 2.24. The van der Waals surface area contributed by atoms with Gasteiger partial charge in [-0.2, -0.15) is 0 Å². The lowest BCUT2D eigenvalue weighted by Gasteiger charge is -2.28. The fourth-order valence-electron chi connectivity index (χ4n) is 2.02. The summed E-state index contributed by atoms with van der Waals surface area (Å²) in [7, 11) is 1.61. The minimum absolute atomic E-state index is 0.207. The zero-order valence-corrected chi connectivity index (χ0v) is 12.3. The Bertz CT molecular complexity index is 407. The molecule has 0 saturated heterocycles. The Kier molecular flexibility index (Phi) is 5.76. The third kappa shape index (κ3) is 4.48. The summed E-state index contributed by atoms with van der Waals surface area (Å²) in [5, 5.41) is 3.39. The van der Waals surface area contributed by atoms with Crippen LogP contribution in [0.4, 0.5) is 4.39 Å². The summed E-state index contributed by atoms with van der Waals surface area (Å²) < 4.78 is 18.7. The van der Waals surface area contributed by atoms with Gasteiger partial charge in [-0.05, 0) is 37.2 Å². The van der Waals surface area contributed by atoms with Gasteiger partial charge < -0.3 is 15.8 Å². The van der Waals surface area contributed by atoms with Crippen LogP contribution in [0.1, 0.15) is 26.3 Å². The second-order valence-corrected chi connectivity index (χ2v) is 5.70. The van der Waals surface area contributed by atoms with Gasteiger partial charge in [0.05, 0.1) is 7.11 Å². The molecule has 0 saturated carbocycles. The quantitative estimate of drug-likeness (QED) is 0.797. The molecule has 0 aliphatic carbocycles. The summed E-state index contributed by atoms with van der Waals surface area (Å²) in [5.74, 6) is 0.921. The number of hydrogen-bond donors (Lipinski definition) is 2. The molecule has 1 atom stereocenters. The monoisotopic (exact) mass is 268 g/mol. The molecule has 1 unspecified atom stereocenters. The van der Waals surface area contributed by atoms with Crippen LogP contribution in [0.2, 0.25) is 0 Å². The van der Waals surface area contributed by atoms with Crippen molar-refractivity contribution in [3.63, 3.8) is 0 Å². The van der Waals surface area contributed by atoms with Crippen molar-refractivity contribution in [1.82, 2.24) is 5.32 Å². The molecule has 1 rings (SSSR count). The lowest BCUT2D eigenvalue weighted by molar-refractivity contribution is 0.378. The molecule has 0 bridgehead atoms. The van der Waals surface area contributed by atoms with Crippen molar-refractivity contribution in [1.29, 1.82) is 0 Å². The molecule has 3 nitrogen and oxygen atoms in total. The number of halogens is 1. The van der Waals surface area contributed by atoms with E-state index in [1.807, 2.05) is 0 Å². The second kappa shape index (κ2) is 6.87. The molecule has 0 aromatic heterocycles. The number of rotatable bonds is 7. The summed E-state index contributed by atoms with van der Waals surface area (Å²) in [5.41, 5.74) is 6.26. The van der Waals surface area contributed by atoms with Crippen LogP contribution in [0.15, 0.2) is 18.2 Å². The standard InChI is InChI=1S/C15H25FN2O/c1-11(8-17)9-18-10-15(2,3)13-7-12(16)5-6-14(13)19-4/h5-7,11,18H,8-10,17H2,1-4H3. The maximum Gasteiger partial charge on any atom is 0.123 e. The van der Waals surface area contributed by atoms with E-state index in [2.05, 4.69) is 26.1 Å². The molecular weight excluding hydrogens is 243 g/mol. The van der Waals surface area contributed by atoms with Gasteiger partial charge in [0.15, 0.2) is 0 Å². The van der Waals surface area contributed by atoms with Crippen molar-refractivity contribution in [2.24, 2.45) is 11.7 Å². The van der Waals surface area contributed by atoms with Crippen LogP contribution in [-0.4, -0.2) is 26.7 Å². The zero-order chi connectivity index (χ0) is 14.5. The van der Waals surface area contributed by atoms with Crippen LogP contribution in [0.25, 0.3) is 0 Å². The normalized spacial score (nSPS) is 13.4. The first-order valence-corrected chi connectivity index (χ1v) is 6.65. The van der Waals surface area contributed by atoms with E-state index >= 15 is 0 Å². The summed E-state index contributed by atoms with van der Waals surface area (Å²) in [4.78, 5) is 0. The van der Waals surface area contributed by atoms with Crippen LogP contribution in [0.5, 0.6) is 5.75 Å². The van der Waals surface area contributed by atoms with Crippen LogP contribution in [0.3, 0.4) is 0 Å². The van der Waals surface area contributed by atoms with Crippen molar-refractivity contribution in [3.05, 3.63) is 29.6 Å². The van der Waals surface area contributed by atoms with E-state index < -0.39 is 0 Å². The lowest BCUT2D eigenvalue weighted by atomic mass is 9.83. The van der Waals surface area contributed by atoms with Crippen LogP contribution in [0, 0.1) is 11.7 Å². The molecule has 0 heterocycles. The molecule has 0 aliphatic rings. The van der Waals surface area contributed by atoms with E-state index in [-0.39, 0.29) is 11.2 Å². The maximum atomic E-state index is 13.4. The topological polar surface area (TPSA) is 47.3 Å². The molecule has 0 radical (unpaired) electrons. The molecule has 19 heavy (non-hydrogen) atoms. The number of ether oxygens (including phenoxy) is 1. The highest BCUT2D eigenvalue weighted by atomic mass is 19.1. The number of benzene rings is 1. The molecule has 0 fully saturated rings. The molecule has 4 heteroatoms. The summed E-state index contributed by atoms with van der Waals surface area (Å²) in [6, 6.07) is 4.64. The maximum absolute atomic E-state index is 13.4. The Morgan fingerprint density at radius 3 is 2.68 bits per heavy atom. The molecular formula is C15H25FN2O. The first-order valence-electron chi connectivity index (χ1n) is 6.65. The summed E-state index contributed by atoms with van der Waals surface area (Å²) in [6.45, 7) is 8.52. The fourth-order valence-corrected chi connectivity index (χ4v) is 2.02. The second-order valence-electron chi connectivity index (χ2n) is 5.70. The SMILES string of the molecule is COc1ccc(F)cc1C(C)(C)CNCC(C)CN. The molecule has 0 aliphatic heterocycles. The smallest absolute Gasteiger partial charge is 0.123 e. The van der Waals surface area contributed by atoms with E-state index in [0.29, 0.717) is 12.5 Å². The third-order valence-electron chi connectivity index (χ3n) is 3.35. The number of methoxy groups -OCH3 is 1. The van der Waals surface area contributed by atoms with Crippen molar-refractivity contribution < 1.29 is 9.13 Å². The lowest BCUT2D eigenvalue weighted by Crippen LogP contribution is -2.36. The Morgan fingerprint density at radius 1 is 1.42 bits per heavy atom. The molecule has 0 spiro atoms. The van der Waals surface area contributed by atoms with Gasteiger partial charge in [-0.25, -0.2) is 4.39 Å². The predicted molar refractivity (Wildman–Crippen MR) is 77.1 cm³/mol. The van der Waals surface area contributed by atoms with E-state index in [9.17, 15) is 4.39 Å². The minimum Gasteiger partial charge on any atom is -0.496 e. The largest absolute Gasteiger partial charge is 0.496 e. The summed E-state index contributed by atoms with van der Waals surface area (Å²) >= 11 is 0. The number of nitrogens with one attached hydrogen (secondary N) is 1. The van der Waals surface area contributed by atoms with Crippen LogP contribution < -0.4 is 15.8 Å². The molecule has 108 valence electrons. The Balaban J connectivity index is 2.78. The van der Waals surface area contributed by atoms with Gasteiger partial charge in [-0.3, -0.25) is 0 Å². The third-order valence-corrected chi connectivity index (χ3v) is 3.35. The fraction of sp³-hybridized carbons (Fsp3) is 0.600. The van der Waals surface area contributed by atoms with Crippen molar-refractivity contribution in [2.75, 3.05) is 26.7 Å². The molecule has 0 amide bonds. The number of hydrogen-bond acceptors (Lipinski definition) is 3. The van der Waals surface area contributed by atoms with Crippen LogP contribution >= 0.6 is 0 Å². The van der Waals surface area contributed by atoms with Gasteiger partial charge in [0.2, 0.25) is 0 Å². The van der Waals surface area contributed by atoms with Gasteiger partial charge in [0, 0.05) is 17.5 Å². The Morgan fingerprint density at radius 2 is 2.11 bits per heavy atom. The van der Waals surface area contributed by atoms with E-state index in [1.165, 1.54) is 6.07 Å². The van der Waals surface area contributed by atoms with Crippen LogP contribution in [-0.2, 0) is 5.41 Å². The van der Waals surface area contributed by atoms with Crippen molar-refractivity contribution in [2.45, 2.75) is 26.2 Å². The minimum atomic E-state index is -0.237. The predicted octanol–water partition coefficient (Wildman–Crippen LogP) is 2.30. The zero-order valence-electron chi connectivity index (χ0n) is 12.3. The highest BCUT2D eigenvalue weighted by molar-refractivity contribution is 5.39. The molecule has 3 N–H and O–H groups in total. The van der Waals surface area contributed by atoms with Gasteiger partial charge in [-0.1, -0.05) is 20.8 Å².